The number of ether oxygens (including phenoxy) is 1. The maximum absolute atomic E-state index is 12.0. The zero-order valence-electron chi connectivity index (χ0n) is 11.3. The van der Waals surface area contributed by atoms with E-state index in [2.05, 4.69) is 0 Å². The average Bonchev–Trinajstić information content (AvgIpc) is 2.22. The number of hydrogen-bond acceptors (Lipinski definition) is 3. The molecule has 0 aromatic carbocycles. The van der Waals surface area contributed by atoms with E-state index in [4.69, 9.17) is 4.74 Å². The Hall–Kier alpha value is -0.900. The quantitative estimate of drug-likeness (QED) is 0.751. The molecule has 1 amide bonds. The van der Waals surface area contributed by atoms with Crippen molar-refractivity contribution in [2.24, 2.45) is 5.41 Å². The van der Waals surface area contributed by atoms with Gasteiger partial charge in [0.25, 0.3) is 0 Å². The molecule has 1 aliphatic rings. The van der Waals surface area contributed by atoms with Crippen LogP contribution in [-0.4, -0.2) is 42.9 Å². The third-order valence-corrected chi connectivity index (χ3v) is 3.20. The van der Waals surface area contributed by atoms with E-state index in [-0.39, 0.29) is 24.3 Å². The van der Waals surface area contributed by atoms with Gasteiger partial charge >= 0.3 is 0 Å². The zero-order chi connectivity index (χ0) is 13.1. The summed E-state index contributed by atoms with van der Waals surface area (Å²) in [5.41, 5.74) is -0.394. The second kappa shape index (κ2) is 5.63. The SMILES string of the molecule is COCC1CCCC(=O)N1CC(=O)C(C)(C)C. The number of rotatable bonds is 4. The summed E-state index contributed by atoms with van der Waals surface area (Å²) in [6, 6.07) is 0.0625. The average molecular weight is 241 g/mol. The molecule has 17 heavy (non-hydrogen) atoms. The van der Waals surface area contributed by atoms with Crippen molar-refractivity contribution in [3.05, 3.63) is 0 Å². The molecule has 1 atom stereocenters. The number of piperidine rings is 1. The Morgan fingerprint density at radius 3 is 2.65 bits per heavy atom. The second-order valence-electron chi connectivity index (χ2n) is 5.70. The summed E-state index contributed by atoms with van der Waals surface area (Å²) in [5, 5.41) is 0. The molecule has 0 spiro atoms. The van der Waals surface area contributed by atoms with Crippen LogP contribution in [-0.2, 0) is 14.3 Å². The smallest absolute Gasteiger partial charge is 0.223 e. The fourth-order valence-corrected chi connectivity index (χ4v) is 1.97. The zero-order valence-corrected chi connectivity index (χ0v) is 11.3. The number of likely N-dealkylation sites (tertiary alicyclic amines) is 1. The fourth-order valence-electron chi connectivity index (χ4n) is 1.97. The molecule has 0 aromatic heterocycles. The molecule has 1 aliphatic heterocycles. The third kappa shape index (κ3) is 3.80. The van der Waals surface area contributed by atoms with Gasteiger partial charge in [-0.25, -0.2) is 0 Å². The Labute approximate surface area is 103 Å². The van der Waals surface area contributed by atoms with E-state index in [9.17, 15) is 9.59 Å². The Kier molecular flexibility index (Phi) is 4.69. The lowest BCUT2D eigenvalue weighted by atomic mass is 9.89. The number of carbonyl (C=O) groups is 2. The van der Waals surface area contributed by atoms with Crippen molar-refractivity contribution in [2.45, 2.75) is 46.1 Å². The highest BCUT2D eigenvalue weighted by atomic mass is 16.5. The summed E-state index contributed by atoms with van der Waals surface area (Å²) in [6.07, 6.45) is 2.38. The van der Waals surface area contributed by atoms with Gasteiger partial charge in [-0.3, -0.25) is 9.59 Å². The normalized spacial score (nSPS) is 21.8. The second-order valence-corrected chi connectivity index (χ2v) is 5.70. The van der Waals surface area contributed by atoms with Gasteiger partial charge in [0.1, 0.15) is 0 Å². The molecule has 4 heteroatoms. The first-order valence-electron chi connectivity index (χ1n) is 6.18. The first-order chi connectivity index (χ1) is 7.86. The fraction of sp³-hybridized carbons (Fsp3) is 0.846. The predicted molar refractivity (Wildman–Crippen MR) is 65.7 cm³/mol. The van der Waals surface area contributed by atoms with Crippen molar-refractivity contribution >= 4 is 11.7 Å². The molecule has 0 N–H and O–H groups in total. The minimum Gasteiger partial charge on any atom is -0.383 e. The number of amides is 1. The summed E-state index contributed by atoms with van der Waals surface area (Å²) in [5.74, 6) is 0.185. The maximum atomic E-state index is 12.0. The first kappa shape index (κ1) is 14.2. The number of carbonyl (C=O) groups excluding carboxylic acids is 2. The molecule has 0 saturated carbocycles. The molecule has 0 radical (unpaired) electrons. The molecular weight excluding hydrogens is 218 g/mol. The van der Waals surface area contributed by atoms with Crippen LogP contribution in [0.3, 0.4) is 0 Å². The van der Waals surface area contributed by atoms with Crippen molar-refractivity contribution in [1.82, 2.24) is 4.90 Å². The lowest BCUT2D eigenvalue weighted by Gasteiger charge is -2.36. The van der Waals surface area contributed by atoms with E-state index in [1.54, 1.807) is 12.0 Å². The molecule has 0 aliphatic carbocycles. The number of Topliss-reactive ketones (excluding diaryl/α,β-unsaturated/α-hetero) is 1. The Balaban J connectivity index is 2.69. The summed E-state index contributed by atoms with van der Waals surface area (Å²) < 4.78 is 5.12. The summed E-state index contributed by atoms with van der Waals surface area (Å²) in [6.45, 7) is 6.39. The number of ketones is 1. The minimum atomic E-state index is -0.394. The van der Waals surface area contributed by atoms with Gasteiger partial charge in [0.05, 0.1) is 19.2 Å². The van der Waals surface area contributed by atoms with Gasteiger partial charge in [-0.05, 0) is 12.8 Å². The Bertz CT molecular complexity index is 292. The molecule has 0 bridgehead atoms. The highest BCUT2D eigenvalue weighted by Gasteiger charge is 2.32. The van der Waals surface area contributed by atoms with Crippen molar-refractivity contribution in [2.75, 3.05) is 20.3 Å². The van der Waals surface area contributed by atoms with E-state index in [0.717, 1.165) is 12.8 Å². The van der Waals surface area contributed by atoms with E-state index in [1.807, 2.05) is 20.8 Å². The van der Waals surface area contributed by atoms with E-state index < -0.39 is 5.41 Å². The van der Waals surface area contributed by atoms with Gasteiger partial charge in [0.2, 0.25) is 5.91 Å². The van der Waals surface area contributed by atoms with Gasteiger partial charge < -0.3 is 9.64 Å². The Morgan fingerprint density at radius 1 is 1.47 bits per heavy atom. The highest BCUT2D eigenvalue weighted by molar-refractivity contribution is 5.89. The van der Waals surface area contributed by atoms with E-state index in [0.29, 0.717) is 13.0 Å². The lowest BCUT2D eigenvalue weighted by molar-refractivity contribution is -0.143. The van der Waals surface area contributed by atoms with Gasteiger partial charge in [-0.2, -0.15) is 0 Å². The highest BCUT2D eigenvalue weighted by Crippen LogP contribution is 2.21. The van der Waals surface area contributed by atoms with Crippen LogP contribution < -0.4 is 0 Å². The summed E-state index contributed by atoms with van der Waals surface area (Å²) in [7, 11) is 1.63. The van der Waals surface area contributed by atoms with Crippen LogP contribution in [0.15, 0.2) is 0 Å². The van der Waals surface area contributed by atoms with Crippen LogP contribution in [0.1, 0.15) is 40.0 Å². The number of hydrogen-bond donors (Lipinski definition) is 0. The lowest BCUT2D eigenvalue weighted by Crippen LogP contribution is -2.49. The molecule has 1 heterocycles. The molecule has 98 valence electrons. The predicted octanol–water partition coefficient (Wildman–Crippen LogP) is 1.63. The van der Waals surface area contributed by atoms with Crippen molar-refractivity contribution < 1.29 is 14.3 Å². The van der Waals surface area contributed by atoms with Gasteiger partial charge in [0, 0.05) is 18.9 Å². The number of methoxy groups -OCH3 is 1. The standard InChI is InChI=1S/C13H23NO3/c1-13(2,3)11(15)8-14-10(9-17-4)6-5-7-12(14)16/h10H,5-9H2,1-4H3. The molecule has 1 fully saturated rings. The third-order valence-electron chi connectivity index (χ3n) is 3.20. The van der Waals surface area contributed by atoms with Crippen molar-refractivity contribution in [3.63, 3.8) is 0 Å². The largest absolute Gasteiger partial charge is 0.383 e. The van der Waals surface area contributed by atoms with Crippen LogP contribution in [0.4, 0.5) is 0 Å². The van der Waals surface area contributed by atoms with Crippen LogP contribution in [0, 0.1) is 5.41 Å². The van der Waals surface area contributed by atoms with Gasteiger partial charge in [-0.15, -0.1) is 0 Å². The van der Waals surface area contributed by atoms with Crippen LogP contribution in [0.2, 0.25) is 0 Å². The van der Waals surface area contributed by atoms with Crippen molar-refractivity contribution in [3.8, 4) is 0 Å². The van der Waals surface area contributed by atoms with E-state index >= 15 is 0 Å². The van der Waals surface area contributed by atoms with Crippen LogP contribution in [0.25, 0.3) is 0 Å². The summed E-state index contributed by atoms with van der Waals surface area (Å²) >= 11 is 0. The van der Waals surface area contributed by atoms with Crippen molar-refractivity contribution in [1.29, 1.82) is 0 Å². The molecule has 1 saturated heterocycles. The van der Waals surface area contributed by atoms with Crippen LogP contribution >= 0.6 is 0 Å². The minimum absolute atomic E-state index is 0.0625. The summed E-state index contributed by atoms with van der Waals surface area (Å²) in [4.78, 5) is 25.5. The molecular formula is C13H23NO3. The molecule has 1 rings (SSSR count). The molecule has 0 aromatic rings. The molecule has 1 unspecified atom stereocenters. The molecule has 4 nitrogen and oxygen atoms in total. The Morgan fingerprint density at radius 2 is 2.12 bits per heavy atom. The number of nitrogens with zero attached hydrogens (tertiary/aromatic N) is 1. The van der Waals surface area contributed by atoms with Gasteiger partial charge in [-0.1, -0.05) is 20.8 Å². The van der Waals surface area contributed by atoms with E-state index in [1.165, 1.54) is 0 Å². The first-order valence-corrected chi connectivity index (χ1v) is 6.18. The monoisotopic (exact) mass is 241 g/mol. The topological polar surface area (TPSA) is 46.6 Å². The van der Waals surface area contributed by atoms with Crippen LogP contribution in [0.5, 0.6) is 0 Å². The van der Waals surface area contributed by atoms with Gasteiger partial charge in [0.15, 0.2) is 5.78 Å². The maximum Gasteiger partial charge on any atom is 0.223 e.